The summed E-state index contributed by atoms with van der Waals surface area (Å²) in [5, 5.41) is 21.9. The van der Waals surface area contributed by atoms with E-state index in [-0.39, 0.29) is 11.5 Å². The van der Waals surface area contributed by atoms with Gasteiger partial charge in [-0.2, -0.15) is 8.78 Å². The Balaban J connectivity index is 1.77. The summed E-state index contributed by atoms with van der Waals surface area (Å²) >= 11 is 0. The summed E-state index contributed by atoms with van der Waals surface area (Å²) in [4.78, 5) is 2.27. The van der Waals surface area contributed by atoms with Crippen LogP contribution in [0.15, 0.2) is 24.3 Å². The molecule has 1 aliphatic rings. The van der Waals surface area contributed by atoms with Gasteiger partial charge in [0.25, 0.3) is 0 Å². The summed E-state index contributed by atoms with van der Waals surface area (Å²) in [7, 11) is 2.10. The van der Waals surface area contributed by atoms with E-state index in [4.69, 9.17) is 0 Å². The third kappa shape index (κ3) is 4.37. The fraction of sp³-hybridized carbons (Fsp3) is 0.444. The topological polar surface area (TPSA) is 70.5 Å². The molecule has 1 saturated heterocycles. The smallest absolute Gasteiger partial charge is 0.387 e. The van der Waals surface area contributed by atoms with E-state index in [0.29, 0.717) is 23.1 Å². The Morgan fingerprint density at radius 2 is 2.12 bits per heavy atom. The van der Waals surface area contributed by atoms with Crippen molar-refractivity contribution in [3.63, 3.8) is 0 Å². The third-order valence-electron chi connectivity index (χ3n) is 4.41. The van der Waals surface area contributed by atoms with Crippen LogP contribution >= 0.6 is 0 Å². The lowest BCUT2D eigenvalue weighted by atomic mass is 10.1. The minimum absolute atomic E-state index is 0.105. The average molecular weight is 364 g/mol. The highest BCUT2D eigenvalue weighted by Gasteiger charge is 2.18. The maximum atomic E-state index is 12.3. The van der Waals surface area contributed by atoms with E-state index in [9.17, 15) is 13.9 Å². The summed E-state index contributed by atoms with van der Waals surface area (Å²) in [5.74, 6) is 0.394. The zero-order chi connectivity index (χ0) is 18.7. The van der Waals surface area contributed by atoms with E-state index in [1.165, 1.54) is 12.1 Å². The Morgan fingerprint density at radius 1 is 1.31 bits per heavy atom. The van der Waals surface area contributed by atoms with Gasteiger partial charge in [-0.25, -0.2) is 0 Å². The molecule has 1 atom stereocenters. The number of likely N-dealkylation sites (tertiary alicyclic amines) is 1. The molecule has 6 nitrogen and oxygen atoms in total. The van der Waals surface area contributed by atoms with Gasteiger partial charge in [0.15, 0.2) is 0 Å². The van der Waals surface area contributed by atoms with Crippen LogP contribution in [0.5, 0.6) is 11.5 Å². The van der Waals surface area contributed by atoms with Gasteiger partial charge in [-0.1, -0.05) is 0 Å². The molecular weight excluding hydrogens is 342 g/mol. The molecule has 0 bridgehead atoms. The first-order chi connectivity index (χ1) is 12.4. The van der Waals surface area contributed by atoms with Crippen LogP contribution < -0.4 is 10.1 Å². The van der Waals surface area contributed by atoms with E-state index in [1.54, 1.807) is 0 Å². The van der Waals surface area contributed by atoms with Gasteiger partial charge < -0.3 is 20.1 Å². The fourth-order valence-electron chi connectivity index (χ4n) is 3.20. The molecule has 3 rings (SSSR count). The number of hydrogen-bond donors (Lipinski definition) is 2. The van der Waals surface area contributed by atoms with Gasteiger partial charge in [-0.05, 0) is 57.1 Å². The quantitative estimate of drug-likeness (QED) is 0.849. The first-order valence-corrected chi connectivity index (χ1v) is 8.50. The van der Waals surface area contributed by atoms with Gasteiger partial charge in [0.05, 0.1) is 5.69 Å². The number of benzene rings is 1. The Labute approximate surface area is 150 Å². The van der Waals surface area contributed by atoms with Crippen molar-refractivity contribution in [2.45, 2.75) is 32.4 Å². The van der Waals surface area contributed by atoms with Crippen molar-refractivity contribution in [2.75, 3.05) is 25.5 Å². The van der Waals surface area contributed by atoms with Gasteiger partial charge in [-0.3, -0.25) is 0 Å². The molecule has 26 heavy (non-hydrogen) atoms. The van der Waals surface area contributed by atoms with Crippen molar-refractivity contribution in [1.29, 1.82) is 0 Å². The molecule has 0 aliphatic carbocycles. The van der Waals surface area contributed by atoms with Gasteiger partial charge in [0.2, 0.25) is 0 Å². The Hall–Kier alpha value is -2.48. The molecular formula is C18H22F2N4O2. The number of aromatic hydroxyl groups is 1. The normalized spacial score (nSPS) is 18.1. The van der Waals surface area contributed by atoms with Crippen LogP contribution in [0.4, 0.5) is 14.6 Å². The number of ether oxygens (including phenoxy) is 1. The lowest BCUT2D eigenvalue weighted by Crippen LogP contribution is -2.39. The molecule has 1 fully saturated rings. The lowest BCUT2D eigenvalue weighted by Gasteiger charge is -2.30. The highest BCUT2D eigenvalue weighted by Crippen LogP contribution is 2.33. The van der Waals surface area contributed by atoms with Crippen LogP contribution in [0, 0.1) is 6.92 Å². The molecule has 2 aromatic rings. The van der Waals surface area contributed by atoms with Gasteiger partial charge >= 0.3 is 6.61 Å². The Kier molecular flexibility index (Phi) is 5.51. The highest BCUT2D eigenvalue weighted by atomic mass is 19.3. The van der Waals surface area contributed by atoms with Crippen molar-refractivity contribution in [1.82, 2.24) is 15.1 Å². The van der Waals surface area contributed by atoms with E-state index >= 15 is 0 Å². The SMILES string of the molecule is Cc1cc(NC2CCCN(C)C2)nnc1-c1ccc(OC(F)F)cc1O. The monoisotopic (exact) mass is 364 g/mol. The number of likely N-dealkylation sites (N-methyl/N-ethyl adjacent to an activating group) is 1. The van der Waals surface area contributed by atoms with Gasteiger partial charge in [-0.15, -0.1) is 10.2 Å². The minimum atomic E-state index is -2.94. The molecule has 140 valence electrons. The minimum Gasteiger partial charge on any atom is -0.507 e. The van der Waals surface area contributed by atoms with E-state index in [0.717, 1.165) is 37.6 Å². The number of phenols is 1. The molecule has 1 unspecified atom stereocenters. The number of nitrogens with zero attached hydrogens (tertiary/aromatic N) is 3. The van der Waals surface area contributed by atoms with Gasteiger partial charge in [0.1, 0.15) is 17.3 Å². The van der Waals surface area contributed by atoms with Gasteiger partial charge in [0, 0.05) is 24.2 Å². The van der Waals surface area contributed by atoms with Crippen molar-refractivity contribution in [2.24, 2.45) is 0 Å². The predicted molar refractivity (Wildman–Crippen MR) is 94.6 cm³/mol. The number of halogens is 2. The first kappa shape index (κ1) is 18.3. The summed E-state index contributed by atoms with van der Waals surface area (Å²) in [5.41, 5.74) is 1.74. The second kappa shape index (κ2) is 7.82. The zero-order valence-electron chi connectivity index (χ0n) is 14.7. The molecule has 1 aromatic carbocycles. The number of alkyl halides is 2. The molecule has 2 heterocycles. The van der Waals surface area contributed by atoms with Crippen LogP contribution in [0.1, 0.15) is 18.4 Å². The Morgan fingerprint density at radius 3 is 2.77 bits per heavy atom. The second-order valence-corrected chi connectivity index (χ2v) is 6.56. The zero-order valence-corrected chi connectivity index (χ0v) is 14.7. The first-order valence-electron chi connectivity index (χ1n) is 8.50. The number of phenolic OH excluding ortho intramolecular Hbond substituents is 1. The van der Waals surface area contributed by atoms with Crippen LogP contribution in [0.3, 0.4) is 0 Å². The number of aryl methyl sites for hydroxylation is 1. The van der Waals surface area contributed by atoms with Crippen LogP contribution in [0.2, 0.25) is 0 Å². The Bertz CT molecular complexity index is 773. The predicted octanol–water partition coefficient (Wildman–Crippen LogP) is 3.27. The van der Waals surface area contributed by atoms with Crippen LogP contribution in [0.25, 0.3) is 11.3 Å². The maximum absolute atomic E-state index is 12.3. The van der Waals surface area contributed by atoms with E-state index in [2.05, 4.69) is 32.2 Å². The highest BCUT2D eigenvalue weighted by molar-refractivity contribution is 5.71. The summed E-state index contributed by atoms with van der Waals surface area (Å²) < 4.78 is 28.8. The number of nitrogens with one attached hydrogen (secondary N) is 1. The van der Waals surface area contributed by atoms with Crippen LogP contribution in [-0.4, -0.2) is 53.0 Å². The summed E-state index contributed by atoms with van der Waals surface area (Å²) in [6, 6.07) is 6.21. The fourth-order valence-corrected chi connectivity index (χ4v) is 3.20. The standard InChI is InChI=1S/C18H22F2N4O2/c1-11-8-16(21-12-4-3-7-24(2)10-12)22-23-17(11)14-6-5-13(9-15(14)25)26-18(19)20/h5-6,8-9,12,18,25H,3-4,7,10H2,1-2H3,(H,21,22). The summed E-state index contributed by atoms with van der Waals surface area (Å²) in [6.07, 6.45) is 2.22. The molecule has 0 spiro atoms. The molecule has 1 aromatic heterocycles. The molecule has 0 amide bonds. The number of rotatable bonds is 5. The van der Waals surface area contributed by atoms with Crippen molar-refractivity contribution in [3.05, 3.63) is 29.8 Å². The van der Waals surface area contributed by atoms with Crippen LogP contribution in [-0.2, 0) is 0 Å². The van der Waals surface area contributed by atoms with Crippen molar-refractivity contribution >= 4 is 5.82 Å². The molecule has 0 saturated carbocycles. The lowest BCUT2D eigenvalue weighted by molar-refractivity contribution is -0.0499. The average Bonchev–Trinajstić information content (AvgIpc) is 2.55. The largest absolute Gasteiger partial charge is 0.507 e. The number of piperidine rings is 1. The number of hydrogen-bond acceptors (Lipinski definition) is 6. The number of anilines is 1. The molecule has 1 aliphatic heterocycles. The number of aromatic nitrogens is 2. The van der Waals surface area contributed by atoms with E-state index < -0.39 is 6.61 Å². The summed E-state index contributed by atoms with van der Waals surface area (Å²) in [6.45, 7) is 0.984. The van der Waals surface area contributed by atoms with Crippen molar-refractivity contribution < 1.29 is 18.6 Å². The van der Waals surface area contributed by atoms with E-state index in [1.807, 2.05) is 13.0 Å². The molecule has 0 radical (unpaired) electrons. The maximum Gasteiger partial charge on any atom is 0.387 e. The molecule has 2 N–H and O–H groups in total. The third-order valence-corrected chi connectivity index (χ3v) is 4.41. The molecule has 8 heteroatoms. The second-order valence-electron chi connectivity index (χ2n) is 6.56. The van der Waals surface area contributed by atoms with Crippen molar-refractivity contribution in [3.8, 4) is 22.8 Å².